The Morgan fingerprint density at radius 3 is 2.38 bits per heavy atom. The number of benzene rings is 1. The Balaban J connectivity index is 1.47. The monoisotopic (exact) mass is 396 g/mol. The molecule has 26 heavy (non-hydrogen) atoms. The summed E-state index contributed by atoms with van der Waals surface area (Å²) in [4.78, 5) is 46.1. The highest BCUT2D eigenvalue weighted by molar-refractivity contribution is 8.76. The van der Waals surface area contributed by atoms with Gasteiger partial charge >= 0.3 is 12.1 Å². The number of carbonyl (C=O) groups is 4. The molecule has 6 amide bonds. The van der Waals surface area contributed by atoms with Crippen molar-refractivity contribution in [2.45, 2.75) is 12.8 Å². The fourth-order valence-electron chi connectivity index (χ4n) is 1.81. The van der Waals surface area contributed by atoms with Gasteiger partial charge in [-0.05, 0) is 25.0 Å². The van der Waals surface area contributed by atoms with Gasteiger partial charge < -0.3 is 10.6 Å². The molecule has 1 fully saturated rings. The second-order valence-electron chi connectivity index (χ2n) is 5.47. The van der Waals surface area contributed by atoms with E-state index in [0.29, 0.717) is 18.0 Å². The Bertz CT molecular complexity index is 653. The molecule has 1 aromatic rings. The molecule has 1 aliphatic carbocycles. The number of hydrogen-bond acceptors (Lipinski definition) is 6. The number of para-hydroxylation sites is 1. The van der Waals surface area contributed by atoms with Gasteiger partial charge in [-0.15, -0.1) is 0 Å². The third-order valence-corrected chi connectivity index (χ3v) is 5.48. The van der Waals surface area contributed by atoms with E-state index in [2.05, 4.69) is 21.3 Å². The second kappa shape index (κ2) is 10.7. The smallest absolute Gasteiger partial charge is 0.325 e. The van der Waals surface area contributed by atoms with Gasteiger partial charge in [-0.2, -0.15) is 0 Å². The Morgan fingerprint density at radius 1 is 0.962 bits per heavy atom. The van der Waals surface area contributed by atoms with E-state index in [1.807, 2.05) is 6.07 Å². The van der Waals surface area contributed by atoms with E-state index in [4.69, 9.17) is 0 Å². The minimum Gasteiger partial charge on any atom is -0.337 e. The number of carbonyl (C=O) groups excluding carboxylic acids is 4. The minimum atomic E-state index is -0.578. The molecule has 0 aromatic heterocycles. The van der Waals surface area contributed by atoms with Crippen LogP contribution >= 0.6 is 21.6 Å². The lowest BCUT2D eigenvalue weighted by Gasteiger charge is -2.07. The molecule has 0 heterocycles. The SMILES string of the molecule is O=C(CSSCCNC(=O)NC(=O)C1CC1)NC(=O)Nc1ccccc1. The number of amides is 6. The Hall–Kier alpha value is -2.20. The number of hydrogen-bond donors (Lipinski definition) is 4. The molecule has 4 N–H and O–H groups in total. The molecule has 0 radical (unpaired) electrons. The van der Waals surface area contributed by atoms with Crippen LogP contribution < -0.4 is 21.3 Å². The van der Waals surface area contributed by atoms with Crippen LogP contribution in [0.25, 0.3) is 0 Å². The van der Waals surface area contributed by atoms with Crippen molar-refractivity contribution in [3.8, 4) is 0 Å². The number of urea groups is 2. The summed E-state index contributed by atoms with van der Waals surface area (Å²) in [7, 11) is 2.66. The number of imide groups is 2. The summed E-state index contributed by atoms with van der Waals surface area (Å²) in [5.74, 6) is 0.0354. The zero-order chi connectivity index (χ0) is 18.8. The molecule has 1 aliphatic rings. The van der Waals surface area contributed by atoms with Crippen molar-refractivity contribution in [2.75, 3.05) is 23.4 Å². The van der Waals surface area contributed by atoms with Gasteiger partial charge in [0.1, 0.15) is 0 Å². The normalized spacial score (nSPS) is 12.8. The summed E-state index contributed by atoms with van der Waals surface area (Å²) in [6, 6.07) is 7.74. The highest BCUT2D eigenvalue weighted by Crippen LogP contribution is 2.28. The van der Waals surface area contributed by atoms with Crippen LogP contribution in [0.3, 0.4) is 0 Å². The van der Waals surface area contributed by atoms with E-state index in [1.54, 1.807) is 24.3 Å². The van der Waals surface area contributed by atoms with E-state index in [9.17, 15) is 19.2 Å². The average Bonchev–Trinajstić information content (AvgIpc) is 3.43. The van der Waals surface area contributed by atoms with Crippen molar-refractivity contribution in [3.63, 3.8) is 0 Å². The van der Waals surface area contributed by atoms with Gasteiger partial charge in [-0.1, -0.05) is 39.8 Å². The summed E-state index contributed by atoms with van der Waals surface area (Å²) < 4.78 is 0. The number of rotatable bonds is 8. The predicted molar refractivity (Wildman–Crippen MR) is 103 cm³/mol. The third-order valence-electron chi connectivity index (χ3n) is 3.21. The van der Waals surface area contributed by atoms with Crippen molar-refractivity contribution < 1.29 is 19.2 Å². The molecule has 0 bridgehead atoms. The minimum absolute atomic E-state index is 0.0108. The van der Waals surface area contributed by atoms with Crippen molar-refractivity contribution >= 4 is 51.2 Å². The standard InChI is InChI=1S/C16H20N4O4S2/c21-13(19-16(24)18-12-4-2-1-3-5-12)10-26-25-9-8-17-15(23)20-14(22)11-6-7-11/h1-5,11H,6-10H2,(H2,17,20,22,23)(H2,18,19,21,24). The van der Waals surface area contributed by atoms with Gasteiger partial charge in [-0.3, -0.25) is 20.2 Å². The van der Waals surface area contributed by atoms with Crippen LogP contribution in [-0.2, 0) is 9.59 Å². The molecule has 0 atom stereocenters. The highest BCUT2D eigenvalue weighted by atomic mass is 33.1. The molecule has 8 nitrogen and oxygen atoms in total. The molecular formula is C16H20N4O4S2. The second-order valence-corrected chi connectivity index (χ2v) is 8.05. The van der Waals surface area contributed by atoms with Crippen LogP contribution in [0.1, 0.15) is 12.8 Å². The Labute approximate surface area is 159 Å². The van der Waals surface area contributed by atoms with Crippen molar-refractivity contribution in [2.24, 2.45) is 5.92 Å². The lowest BCUT2D eigenvalue weighted by molar-refractivity contribution is -0.121. The summed E-state index contributed by atoms with van der Waals surface area (Å²) in [5.41, 5.74) is 0.601. The number of nitrogens with one attached hydrogen (secondary N) is 4. The quantitative estimate of drug-likeness (QED) is 0.394. The molecule has 1 saturated carbocycles. The maximum atomic E-state index is 11.7. The fourth-order valence-corrected chi connectivity index (χ4v) is 3.55. The highest BCUT2D eigenvalue weighted by Gasteiger charge is 2.30. The summed E-state index contributed by atoms with van der Waals surface area (Å²) >= 11 is 0. The maximum absolute atomic E-state index is 11.7. The fraction of sp³-hybridized carbons (Fsp3) is 0.375. The zero-order valence-corrected chi connectivity index (χ0v) is 15.6. The van der Waals surface area contributed by atoms with Gasteiger partial charge in [-0.25, -0.2) is 9.59 Å². The first kappa shape index (κ1) is 20.1. The molecule has 0 spiro atoms. The molecule has 10 heteroatoms. The third kappa shape index (κ3) is 8.26. The molecule has 0 unspecified atom stereocenters. The zero-order valence-electron chi connectivity index (χ0n) is 13.9. The lowest BCUT2D eigenvalue weighted by atomic mass is 10.3. The Morgan fingerprint density at radius 2 is 1.69 bits per heavy atom. The first-order chi connectivity index (χ1) is 12.5. The van der Waals surface area contributed by atoms with Gasteiger partial charge in [0.25, 0.3) is 0 Å². The average molecular weight is 396 g/mol. The Kier molecular flexibility index (Phi) is 8.29. The molecule has 140 valence electrons. The van der Waals surface area contributed by atoms with Crippen LogP contribution in [0.15, 0.2) is 30.3 Å². The number of anilines is 1. The van der Waals surface area contributed by atoms with Gasteiger partial charge in [0.2, 0.25) is 11.8 Å². The summed E-state index contributed by atoms with van der Waals surface area (Å²) in [5, 5.41) is 9.64. The molecular weight excluding hydrogens is 376 g/mol. The van der Waals surface area contributed by atoms with Crippen LogP contribution in [0.5, 0.6) is 0 Å². The summed E-state index contributed by atoms with van der Waals surface area (Å²) in [6.07, 6.45) is 1.69. The van der Waals surface area contributed by atoms with E-state index >= 15 is 0 Å². The summed E-state index contributed by atoms with van der Waals surface area (Å²) in [6.45, 7) is 0.373. The van der Waals surface area contributed by atoms with E-state index in [1.165, 1.54) is 21.6 Å². The predicted octanol–water partition coefficient (Wildman–Crippen LogP) is 1.95. The van der Waals surface area contributed by atoms with Crippen LogP contribution in [-0.4, -0.2) is 41.9 Å². The topological polar surface area (TPSA) is 116 Å². The van der Waals surface area contributed by atoms with Crippen molar-refractivity contribution in [1.29, 1.82) is 0 Å². The molecule has 0 aliphatic heterocycles. The first-order valence-corrected chi connectivity index (χ1v) is 10.5. The van der Waals surface area contributed by atoms with Crippen LogP contribution in [0, 0.1) is 5.92 Å². The van der Waals surface area contributed by atoms with Crippen LogP contribution in [0.2, 0.25) is 0 Å². The van der Waals surface area contributed by atoms with Gasteiger partial charge in [0.05, 0.1) is 5.75 Å². The molecule has 2 rings (SSSR count). The van der Waals surface area contributed by atoms with Gasteiger partial charge in [0, 0.05) is 23.9 Å². The van der Waals surface area contributed by atoms with E-state index in [0.717, 1.165) is 12.8 Å². The molecule has 0 saturated heterocycles. The van der Waals surface area contributed by atoms with E-state index in [-0.39, 0.29) is 17.6 Å². The van der Waals surface area contributed by atoms with Crippen molar-refractivity contribution in [3.05, 3.63) is 30.3 Å². The molecule has 1 aromatic carbocycles. The van der Waals surface area contributed by atoms with Crippen LogP contribution in [0.4, 0.5) is 15.3 Å². The largest absolute Gasteiger partial charge is 0.337 e. The lowest BCUT2D eigenvalue weighted by Crippen LogP contribution is -2.41. The van der Waals surface area contributed by atoms with E-state index < -0.39 is 18.0 Å². The van der Waals surface area contributed by atoms with Gasteiger partial charge in [0.15, 0.2) is 0 Å². The first-order valence-electron chi connectivity index (χ1n) is 8.03. The van der Waals surface area contributed by atoms with Crippen molar-refractivity contribution in [1.82, 2.24) is 16.0 Å². The maximum Gasteiger partial charge on any atom is 0.325 e.